The van der Waals surface area contributed by atoms with Crippen LogP contribution in [0.3, 0.4) is 0 Å². The Balaban J connectivity index is 1.78. The first-order chi connectivity index (χ1) is 8.83. The standard InChI is InChI=1S/C14H19N3O/c15-10-6-2-1-3-7-11(10)16-14-17-12-8-4-5-9-13(12)18-14/h4-5,8-11H,1-3,6-7,15H2,(H,16,17). The minimum atomic E-state index is 0.197. The molecule has 1 aliphatic rings. The topological polar surface area (TPSA) is 64.1 Å². The average Bonchev–Trinajstić information content (AvgIpc) is 2.68. The molecule has 0 spiro atoms. The largest absolute Gasteiger partial charge is 0.424 e. The van der Waals surface area contributed by atoms with Crippen molar-refractivity contribution in [2.45, 2.75) is 44.2 Å². The van der Waals surface area contributed by atoms with E-state index < -0.39 is 0 Å². The van der Waals surface area contributed by atoms with Gasteiger partial charge >= 0.3 is 0 Å². The van der Waals surface area contributed by atoms with Crippen LogP contribution in [-0.4, -0.2) is 17.1 Å². The van der Waals surface area contributed by atoms with Crippen LogP contribution in [0.15, 0.2) is 28.7 Å². The maximum Gasteiger partial charge on any atom is 0.295 e. The molecular formula is C14H19N3O. The first kappa shape index (κ1) is 11.5. The summed E-state index contributed by atoms with van der Waals surface area (Å²) in [4.78, 5) is 4.44. The molecule has 2 aromatic rings. The number of fused-ring (bicyclic) bond motifs is 1. The molecule has 1 heterocycles. The van der Waals surface area contributed by atoms with Crippen LogP contribution in [-0.2, 0) is 0 Å². The lowest BCUT2D eigenvalue weighted by molar-refractivity contribution is 0.505. The molecule has 1 fully saturated rings. The van der Waals surface area contributed by atoms with Crippen LogP contribution in [0, 0.1) is 0 Å². The second kappa shape index (κ2) is 4.98. The number of benzene rings is 1. The zero-order valence-corrected chi connectivity index (χ0v) is 10.4. The molecule has 1 saturated carbocycles. The summed E-state index contributed by atoms with van der Waals surface area (Å²) >= 11 is 0. The molecule has 1 aromatic heterocycles. The fraction of sp³-hybridized carbons (Fsp3) is 0.500. The molecule has 3 rings (SSSR count). The maximum atomic E-state index is 6.19. The SMILES string of the molecule is NC1CCCCCC1Nc1nc2ccccc2o1. The smallest absolute Gasteiger partial charge is 0.295 e. The number of nitrogens with one attached hydrogen (secondary N) is 1. The van der Waals surface area contributed by atoms with Crippen LogP contribution in [0.1, 0.15) is 32.1 Å². The van der Waals surface area contributed by atoms with Crippen LogP contribution in [0.25, 0.3) is 11.1 Å². The van der Waals surface area contributed by atoms with Gasteiger partial charge in [-0.15, -0.1) is 0 Å². The molecule has 18 heavy (non-hydrogen) atoms. The second-order valence-electron chi connectivity index (χ2n) is 5.04. The van der Waals surface area contributed by atoms with Gasteiger partial charge in [-0.25, -0.2) is 0 Å². The van der Waals surface area contributed by atoms with E-state index in [1.165, 1.54) is 19.3 Å². The normalized spacial score (nSPS) is 24.9. The Labute approximate surface area is 107 Å². The molecule has 0 radical (unpaired) electrons. The molecule has 96 valence electrons. The van der Waals surface area contributed by atoms with Gasteiger partial charge in [0.05, 0.1) is 0 Å². The van der Waals surface area contributed by atoms with Crippen molar-refractivity contribution in [1.82, 2.24) is 4.98 Å². The Kier molecular flexibility index (Phi) is 3.19. The molecule has 2 atom stereocenters. The van der Waals surface area contributed by atoms with E-state index in [2.05, 4.69) is 10.3 Å². The van der Waals surface area contributed by atoms with E-state index in [4.69, 9.17) is 10.2 Å². The Morgan fingerprint density at radius 3 is 2.89 bits per heavy atom. The Hall–Kier alpha value is -1.55. The van der Waals surface area contributed by atoms with E-state index >= 15 is 0 Å². The highest BCUT2D eigenvalue weighted by atomic mass is 16.4. The number of para-hydroxylation sites is 2. The quantitative estimate of drug-likeness (QED) is 0.798. The maximum absolute atomic E-state index is 6.19. The summed E-state index contributed by atoms with van der Waals surface area (Å²) in [6, 6.07) is 8.87. The lowest BCUT2D eigenvalue weighted by Crippen LogP contribution is -2.39. The van der Waals surface area contributed by atoms with Gasteiger partial charge in [-0.3, -0.25) is 0 Å². The van der Waals surface area contributed by atoms with Crippen molar-refractivity contribution in [1.29, 1.82) is 0 Å². The molecule has 0 aliphatic heterocycles. The second-order valence-corrected chi connectivity index (χ2v) is 5.04. The number of aromatic nitrogens is 1. The van der Waals surface area contributed by atoms with Gasteiger partial charge in [-0.1, -0.05) is 31.4 Å². The summed E-state index contributed by atoms with van der Waals surface area (Å²) in [6.07, 6.45) is 5.91. The lowest BCUT2D eigenvalue weighted by Gasteiger charge is -2.21. The van der Waals surface area contributed by atoms with Gasteiger partial charge in [0.15, 0.2) is 5.58 Å². The van der Waals surface area contributed by atoms with Gasteiger partial charge in [0, 0.05) is 12.1 Å². The molecule has 4 nitrogen and oxygen atoms in total. The van der Waals surface area contributed by atoms with E-state index in [0.717, 1.165) is 23.9 Å². The first-order valence-electron chi connectivity index (χ1n) is 6.70. The van der Waals surface area contributed by atoms with Crippen molar-refractivity contribution in [3.8, 4) is 0 Å². The van der Waals surface area contributed by atoms with Crippen molar-refractivity contribution >= 4 is 17.1 Å². The van der Waals surface area contributed by atoms with Gasteiger partial charge in [0.2, 0.25) is 0 Å². The van der Waals surface area contributed by atoms with Gasteiger partial charge in [-0.05, 0) is 25.0 Å². The minimum Gasteiger partial charge on any atom is -0.424 e. The van der Waals surface area contributed by atoms with E-state index in [9.17, 15) is 0 Å². The van der Waals surface area contributed by atoms with Crippen molar-refractivity contribution < 1.29 is 4.42 Å². The predicted molar refractivity (Wildman–Crippen MR) is 72.5 cm³/mol. The van der Waals surface area contributed by atoms with Crippen molar-refractivity contribution in [2.24, 2.45) is 5.73 Å². The van der Waals surface area contributed by atoms with E-state index in [0.29, 0.717) is 6.01 Å². The third-order valence-electron chi connectivity index (χ3n) is 3.67. The van der Waals surface area contributed by atoms with Crippen LogP contribution in [0.5, 0.6) is 0 Å². The zero-order chi connectivity index (χ0) is 12.4. The number of hydrogen-bond donors (Lipinski definition) is 2. The zero-order valence-electron chi connectivity index (χ0n) is 10.4. The molecule has 4 heteroatoms. The number of hydrogen-bond acceptors (Lipinski definition) is 4. The Bertz CT molecular complexity index is 489. The van der Waals surface area contributed by atoms with Crippen LogP contribution in [0.2, 0.25) is 0 Å². The van der Waals surface area contributed by atoms with Gasteiger partial charge in [0.1, 0.15) is 5.52 Å². The third kappa shape index (κ3) is 2.34. The first-order valence-corrected chi connectivity index (χ1v) is 6.70. The summed E-state index contributed by atoms with van der Waals surface area (Å²) < 4.78 is 5.68. The van der Waals surface area contributed by atoms with Crippen LogP contribution in [0.4, 0.5) is 6.01 Å². The molecule has 1 aliphatic carbocycles. The highest BCUT2D eigenvalue weighted by molar-refractivity contribution is 5.74. The monoisotopic (exact) mass is 245 g/mol. The molecule has 0 amide bonds. The minimum absolute atomic E-state index is 0.197. The summed E-state index contributed by atoms with van der Waals surface area (Å²) in [5, 5.41) is 3.36. The molecular weight excluding hydrogens is 226 g/mol. The average molecular weight is 245 g/mol. The van der Waals surface area contributed by atoms with E-state index in [1.807, 2.05) is 24.3 Å². The fourth-order valence-electron chi connectivity index (χ4n) is 2.61. The third-order valence-corrected chi connectivity index (χ3v) is 3.67. The van der Waals surface area contributed by atoms with Crippen LogP contribution < -0.4 is 11.1 Å². The Morgan fingerprint density at radius 2 is 2.00 bits per heavy atom. The summed E-state index contributed by atoms with van der Waals surface area (Å²) in [7, 11) is 0. The predicted octanol–water partition coefficient (Wildman–Crippen LogP) is 2.90. The number of anilines is 1. The molecule has 0 saturated heterocycles. The summed E-state index contributed by atoms with van der Waals surface area (Å²) in [5.41, 5.74) is 7.90. The number of nitrogens with two attached hydrogens (primary N) is 1. The Morgan fingerprint density at radius 1 is 1.17 bits per heavy atom. The molecule has 0 bridgehead atoms. The summed E-state index contributed by atoms with van der Waals surface area (Å²) in [6.45, 7) is 0. The van der Waals surface area contributed by atoms with Crippen LogP contribution >= 0.6 is 0 Å². The van der Waals surface area contributed by atoms with Crippen molar-refractivity contribution in [3.05, 3.63) is 24.3 Å². The number of rotatable bonds is 2. The highest BCUT2D eigenvalue weighted by Crippen LogP contribution is 2.23. The molecule has 1 aromatic carbocycles. The fourth-order valence-corrected chi connectivity index (χ4v) is 2.61. The highest BCUT2D eigenvalue weighted by Gasteiger charge is 2.21. The lowest BCUT2D eigenvalue weighted by atomic mass is 10.0. The van der Waals surface area contributed by atoms with Gasteiger partial charge in [0.25, 0.3) is 6.01 Å². The van der Waals surface area contributed by atoms with E-state index in [-0.39, 0.29) is 12.1 Å². The molecule has 2 unspecified atom stereocenters. The van der Waals surface area contributed by atoms with Gasteiger partial charge < -0.3 is 15.5 Å². The molecule has 3 N–H and O–H groups in total. The number of nitrogens with zero attached hydrogens (tertiary/aromatic N) is 1. The van der Waals surface area contributed by atoms with Gasteiger partial charge in [-0.2, -0.15) is 4.98 Å². The summed E-state index contributed by atoms with van der Waals surface area (Å²) in [5.74, 6) is 0. The van der Waals surface area contributed by atoms with Crippen molar-refractivity contribution in [2.75, 3.05) is 5.32 Å². The van der Waals surface area contributed by atoms with Crippen molar-refractivity contribution in [3.63, 3.8) is 0 Å². The number of oxazole rings is 1. The van der Waals surface area contributed by atoms with E-state index in [1.54, 1.807) is 0 Å².